The van der Waals surface area contributed by atoms with Crippen molar-refractivity contribution in [1.29, 1.82) is 0 Å². The number of aromatic amines is 1. The fourth-order valence-corrected chi connectivity index (χ4v) is 7.53. The number of unbranched alkanes of at least 4 members (excludes halogenated alkanes) is 4. The minimum absolute atomic E-state index is 0.182. The molecule has 1 aliphatic carbocycles. The molecule has 2 N–H and O–H groups in total. The maximum atomic E-state index is 14.4. The Balaban J connectivity index is 0.000000863. The Hall–Kier alpha value is -4.07. The molecule has 1 aliphatic heterocycles. The molecular formula is C53H85FN4O3. The number of nitrogens with one attached hydrogen (secondary N) is 2. The SMILES string of the molecule is C=C(/C=C(N=CCC)\C(C)=C(/C)Nc1c[nH]c(=O)cc1F)c1ccc2c(c1)N(C1CC(CC)C1)C(=O)C2(CCC)CCC.CC(C)C.CCC(C)C(C)=O.CCCCCCC. The third-order valence-corrected chi connectivity index (χ3v) is 11.7. The van der Waals surface area contributed by atoms with Gasteiger partial charge < -0.3 is 15.2 Å². The third-order valence-electron chi connectivity index (χ3n) is 11.7. The van der Waals surface area contributed by atoms with E-state index in [4.69, 9.17) is 4.99 Å². The van der Waals surface area contributed by atoms with Gasteiger partial charge in [-0.05, 0) is 106 Å². The van der Waals surface area contributed by atoms with Gasteiger partial charge in [0, 0.05) is 41.8 Å². The van der Waals surface area contributed by atoms with E-state index in [-0.39, 0.29) is 23.6 Å². The lowest BCUT2D eigenvalue weighted by Crippen LogP contribution is -2.50. The number of pyridine rings is 1. The van der Waals surface area contributed by atoms with Gasteiger partial charge in [0.15, 0.2) is 5.82 Å². The van der Waals surface area contributed by atoms with Gasteiger partial charge >= 0.3 is 0 Å². The van der Waals surface area contributed by atoms with Crippen LogP contribution in [-0.2, 0) is 15.0 Å². The predicted octanol–water partition coefficient (Wildman–Crippen LogP) is 14.9. The fraction of sp³-hybridized carbons (Fsp3) is 0.623. The fourth-order valence-electron chi connectivity index (χ4n) is 7.53. The number of halogens is 1. The molecular weight excluding hydrogens is 760 g/mol. The molecule has 1 aromatic carbocycles. The van der Waals surface area contributed by atoms with Crippen LogP contribution in [0.2, 0.25) is 0 Å². The van der Waals surface area contributed by atoms with E-state index in [0.29, 0.717) is 23.1 Å². The third kappa shape index (κ3) is 17.0. The zero-order chi connectivity index (χ0) is 46.3. The Bertz CT molecular complexity index is 1800. The topological polar surface area (TPSA) is 94.6 Å². The van der Waals surface area contributed by atoms with E-state index in [1.807, 2.05) is 46.9 Å². The summed E-state index contributed by atoms with van der Waals surface area (Å²) in [5.41, 5.74) is 5.37. The van der Waals surface area contributed by atoms with Crippen LogP contribution in [0.4, 0.5) is 15.8 Å². The number of benzene rings is 1. The number of Topliss-reactive ketones (excluding diaryl/α,β-unsaturated/α-hetero) is 1. The molecule has 0 spiro atoms. The van der Waals surface area contributed by atoms with Gasteiger partial charge in [-0.25, -0.2) is 4.39 Å². The van der Waals surface area contributed by atoms with E-state index in [9.17, 15) is 18.8 Å². The van der Waals surface area contributed by atoms with Gasteiger partial charge in [-0.1, -0.05) is 146 Å². The molecule has 1 aromatic heterocycles. The maximum absolute atomic E-state index is 14.4. The zero-order valence-corrected chi connectivity index (χ0v) is 41.0. The summed E-state index contributed by atoms with van der Waals surface area (Å²) in [4.78, 5) is 45.4. The van der Waals surface area contributed by atoms with Crippen LogP contribution in [0.15, 0.2) is 69.9 Å². The van der Waals surface area contributed by atoms with Gasteiger partial charge in [0.2, 0.25) is 5.91 Å². The van der Waals surface area contributed by atoms with Crippen LogP contribution in [0, 0.1) is 23.6 Å². The summed E-state index contributed by atoms with van der Waals surface area (Å²) in [7, 11) is 0. The summed E-state index contributed by atoms with van der Waals surface area (Å²) in [6, 6.07) is 7.57. The average Bonchev–Trinajstić information content (AvgIpc) is 3.42. The summed E-state index contributed by atoms with van der Waals surface area (Å²) in [6.45, 7) is 33.4. The first-order valence-electron chi connectivity index (χ1n) is 23.7. The van der Waals surface area contributed by atoms with Crippen molar-refractivity contribution < 1.29 is 14.0 Å². The van der Waals surface area contributed by atoms with Crippen molar-refractivity contribution in [2.75, 3.05) is 10.2 Å². The van der Waals surface area contributed by atoms with E-state index in [1.54, 1.807) is 6.92 Å². The van der Waals surface area contributed by atoms with Gasteiger partial charge in [-0.15, -0.1) is 0 Å². The lowest BCUT2D eigenvalue weighted by molar-refractivity contribution is -0.125. The normalized spacial score (nSPS) is 17.5. The second-order valence-electron chi connectivity index (χ2n) is 17.8. The lowest BCUT2D eigenvalue weighted by Gasteiger charge is -2.42. The number of nitrogens with zero attached hydrogens (tertiary/aromatic N) is 2. The van der Waals surface area contributed by atoms with Crippen LogP contribution in [0.25, 0.3) is 5.57 Å². The number of carbonyl (C=O) groups excluding carboxylic acids is 2. The largest absolute Gasteiger partial charge is 0.355 e. The van der Waals surface area contributed by atoms with Crippen molar-refractivity contribution in [3.63, 3.8) is 0 Å². The van der Waals surface area contributed by atoms with E-state index in [0.717, 1.165) is 97.7 Å². The second kappa shape index (κ2) is 28.5. The first kappa shape index (κ1) is 54.9. The van der Waals surface area contributed by atoms with E-state index >= 15 is 0 Å². The van der Waals surface area contributed by atoms with Gasteiger partial charge in [-0.3, -0.25) is 19.4 Å². The standard InChI is InChI=1S/C36H47FN4O2.C7H16.C6H12O.C4H10/c1-8-14-36(15-9-2)29-13-12-27(20-33(29)41(35(36)43)28-18-26(11-4)19-28)23(5)17-31(38-16-10-3)24(6)25(7)40-32-22-39-34(42)21-30(32)37;1-3-5-7-6-4-2;1-4-5(2)6(3)7;1-4(2)3/h12-13,16-17,20-22,26,28,40H,5,8-11,14-15,18-19H2,1-4,6-7H3,(H,39,42);3-7H2,1-2H3;5H,4H2,1-3H3;4H,1-3H3/b25-24+,31-17+,38-16?;;;. The molecule has 0 radical (unpaired) electrons. The minimum atomic E-state index is -0.626. The predicted molar refractivity (Wildman–Crippen MR) is 262 cm³/mol. The molecule has 1 amide bonds. The van der Waals surface area contributed by atoms with Crippen molar-refractivity contribution in [2.45, 2.75) is 198 Å². The summed E-state index contributed by atoms with van der Waals surface area (Å²) in [5, 5.41) is 3.06. The highest BCUT2D eigenvalue weighted by molar-refractivity contribution is 6.09. The van der Waals surface area contributed by atoms with Crippen LogP contribution in [0.3, 0.4) is 0 Å². The minimum Gasteiger partial charge on any atom is -0.355 e. The molecule has 2 aromatic rings. The van der Waals surface area contributed by atoms with E-state index in [2.05, 4.69) is 95.4 Å². The number of anilines is 2. The lowest BCUT2D eigenvalue weighted by atomic mass is 9.73. The molecule has 1 unspecified atom stereocenters. The molecule has 1 saturated carbocycles. The Morgan fingerprint density at radius 3 is 1.98 bits per heavy atom. The Labute approximate surface area is 371 Å². The first-order chi connectivity index (χ1) is 28.9. The molecule has 4 rings (SSSR count). The van der Waals surface area contributed by atoms with Crippen LogP contribution in [0.1, 0.15) is 198 Å². The van der Waals surface area contributed by atoms with Crippen molar-refractivity contribution in [2.24, 2.45) is 22.7 Å². The van der Waals surface area contributed by atoms with Crippen molar-refractivity contribution >= 4 is 34.9 Å². The van der Waals surface area contributed by atoms with Gasteiger partial charge in [0.1, 0.15) is 5.78 Å². The number of fused-ring (bicyclic) bond motifs is 1. The van der Waals surface area contributed by atoms with E-state index in [1.165, 1.54) is 38.3 Å². The van der Waals surface area contributed by atoms with Crippen LogP contribution in [-0.4, -0.2) is 28.9 Å². The van der Waals surface area contributed by atoms with Gasteiger partial charge in [0.05, 0.1) is 16.8 Å². The summed E-state index contributed by atoms with van der Waals surface area (Å²) >= 11 is 0. The number of allylic oxidation sites excluding steroid dienone is 4. The highest BCUT2D eigenvalue weighted by Crippen LogP contribution is 2.52. The molecule has 0 saturated heterocycles. The Morgan fingerprint density at radius 1 is 0.934 bits per heavy atom. The molecule has 7 nitrogen and oxygen atoms in total. The zero-order valence-electron chi connectivity index (χ0n) is 41.0. The number of aliphatic imine (C=N–C) groups is 1. The van der Waals surface area contributed by atoms with Crippen LogP contribution >= 0.6 is 0 Å². The maximum Gasteiger partial charge on any atom is 0.250 e. The number of ketones is 1. The average molecular weight is 845 g/mol. The number of hydrogen-bond donors (Lipinski definition) is 2. The summed E-state index contributed by atoms with van der Waals surface area (Å²) in [5.74, 6) is 1.72. The molecule has 1 atom stereocenters. The molecule has 2 heterocycles. The number of amides is 1. The van der Waals surface area contributed by atoms with Crippen molar-refractivity contribution in [3.8, 4) is 0 Å². The summed E-state index contributed by atoms with van der Waals surface area (Å²) < 4.78 is 14.4. The monoisotopic (exact) mass is 845 g/mol. The van der Waals surface area contributed by atoms with Gasteiger partial charge in [0.25, 0.3) is 5.56 Å². The number of aromatic nitrogens is 1. The highest BCUT2D eigenvalue weighted by Gasteiger charge is 2.53. The van der Waals surface area contributed by atoms with Crippen molar-refractivity contribution in [1.82, 2.24) is 4.98 Å². The van der Waals surface area contributed by atoms with Crippen LogP contribution in [0.5, 0.6) is 0 Å². The molecule has 0 bridgehead atoms. The van der Waals surface area contributed by atoms with Crippen molar-refractivity contribution in [3.05, 3.63) is 87.4 Å². The number of rotatable bonds is 19. The molecule has 2 aliphatic rings. The number of carbonyl (C=O) groups is 2. The Kier molecular flexibility index (Phi) is 25.7. The second-order valence-corrected chi connectivity index (χ2v) is 17.8. The first-order valence-corrected chi connectivity index (χ1v) is 23.7. The number of H-pyrrole nitrogens is 1. The molecule has 61 heavy (non-hydrogen) atoms. The molecule has 342 valence electrons. The highest BCUT2D eigenvalue weighted by atomic mass is 19.1. The quantitative estimate of drug-likeness (QED) is 0.0836. The molecule has 8 heteroatoms. The Morgan fingerprint density at radius 2 is 1.52 bits per heavy atom. The van der Waals surface area contributed by atoms with Crippen LogP contribution < -0.4 is 15.8 Å². The smallest absolute Gasteiger partial charge is 0.250 e. The number of hydrogen-bond acceptors (Lipinski definition) is 5. The van der Waals surface area contributed by atoms with E-state index < -0.39 is 16.8 Å². The van der Waals surface area contributed by atoms with Gasteiger partial charge in [-0.2, -0.15) is 0 Å². The molecule has 1 fully saturated rings. The summed E-state index contributed by atoms with van der Waals surface area (Å²) in [6.07, 6.45) is 20.7.